The van der Waals surface area contributed by atoms with E-state index in [0.29, 0.717) is 0 Å². The highest BCUT2D eigenvalue weighted by atomic mass is 32.2. The van der Waals surface area contributed by atoms with Crippen LogP contribution in [0.2, 0.25) is 0 Å². The zero-order valence-corrected chi connectivity index (χ0v) is 14.5. The Morgan fingerprint density at radius 3 is 1.68 bits per heavy atom. The molecule has 0 amide bonds. The van der Waals surface area contributed by atoms with Gasteiger partial charge in [-0.1, -0.05) is 68.1 Å². The lowest BCUT2D eigenvalue weighted by Gasteiger charge is -1.99. The molecule has 0 heterocycles. The fourth-order valence-electron chi connectivity index (χ4n) is 2.64. The third kappa shape index (κ3) is 2.97. The molecule has 22 heavy (non-hydrogen) atoms. The van der Waals surface area contributed by atoms with Crippen molar-refractivity contribution in [1.29, 1.82) is 0 Å². The highest BCUT2D eigenvalue weighted by Crippen LogP contribution is 2.43. The van der Waals surface area contributed by atoms with Crippen molar-refractivity contribution in [3.63, 3.8) is 0 Å². The first-order valence-corrected chi connectivity index (χ1v) is 9.53. The number of hydrogen-bond acceptors (Lipinski definition) is 2. The van der Waals surface area contributed by atoms with Gasteiger partial charge >= 0.3 is 0 Å². The summed E-state index contributed by atoms with van der Waals surface area (Å²) in [6.07, 6.45) is 0. The SMILES string of the molecule is CCSC(=C=C=C1c2ccccc2-c2ccccc21)SCC. The molecule has 110 valence electrons. The smallest absolute Gasteiger partial charge is 0.0908 e. The number of rotatable bonds is 4. The normalized spacial score (nSPS) is 11.5. The van der Waals surface area contributed by atoms with E-state index in [0.717, 1.165) is 17.1 Å². The number of benzene rings is 2. The van der Waals surface area contributed by atoms with Crippen LogP contribution in [0.15, 0.2) is 64.2 Å². The first kappa shape index (κ1) is 15.3. The van der Waals surface area contributed by atoms with Crippen molar-refractivity contribution in [2.75, 3.05) is 11.5 Å². The van der Waals surface area contributed by atoms with Crippen LogP contribution in [0.3, 0.4) is 0 Å². The summed E-state index contributed by atoms with van der Waals surface area (Å²) in [5, 5.41) is 0. The van der Waals surface area contributed by atoms with Gasteiger partial charge in [0.15, 0.2) is 0 Å². The molecular formula is C20H18S2. The van der Waals surface area contributed by atoms with Gasteiger partial charge in [-0.2, -0.15) is 0 Å². The molecule has 0 spiro atoms. The van der Waals surface area contributed by atoms with E-state index in [1.165, 1.54) is 26.5 Å². The second-order valence-corrected chi connectivity index (χ2v) is 7.68. The second kappa shape index (κ2) is 7.13. The van der Waals surface area contributed by atoms with E-state index in [-0.39, 0.29) is 0 Å². The average molecular weight is 322 g/mol. The van der Waals surface area contributed by atoms with Crippen molar-refractivity contribution in [1.82, 2.24) is 0 Å². The van der Waals surface area contributed by atoms with Crippen LogP contribution in [0, 0.1) is 0 Å². The van der Waals surface area contributed by atoms with Crippen LogP contribution in [0.4, 0.5) is 0 Å². The maximum Gasteiger partial charge on any atom is 0.0908 e. The Morgan fingerprint density at radius 1 is 0.773 bits per heavy atom. The van der Waals surface area contributed by atoms with Gasteiger partial charge in [0.2, 0.25) is 0 Å². The minimum absolute atomic E-state index is 1.07. The molecule has 0 saturated heterocycles. The minimum Gasteiger partial charge on any atom is -0.111 e. The molecule has 2 heteroatoms. The Morgan fingerprint density at radius 2 is 1.23 bits per heavy atom. The quantitative estimate of drug-likeness (QED) is 0.524. The summed E-state index contributed by atoms with van der Waals surface area (Å²) in [6.45, 7) is 4.35. The van der Waals surface area contributed by atoms with Crippen LogP contribution in [0.1, 0.15) is 25.0 Å². The molecule has 0 aliphatic heterocycles. The van der Waals surface area contributed by atoms with Crippen LogP contribution < -0.4 is 0 Å². The summed E-state index contributed by atoms with van der Waals surface area (Å²) in [4.78, 5) is 0. The lowest BCUT2D eigenvalue weighted by atomic mass is 10.1. The second-order valence-electron chi connectivity index (χ2n) is 4.87. The average Bonchev–Trinajstić information content (AvgIpc) is 2.87. The Labute approximate surface area is 141 Å². The third-order valence-corrected chi connectivity index (χ3v) is 5.54. The van der Waals surface area contributed by atoms with Gasteiger partial charge in [-0.3, -0.25) is 0 Å². The molecule has 3 rings (SSSR count). The Bertz CT molecular complexity index is 733. The predicted octanol–water partition coefficient (Wildman–Crippen LogP) is 6.20. The van der Waals surface area contributed by atoms with Gasteiger partial charge in [0.05, 0.1) is 4.24 Å². The highest BCUT2D eigenvalue weighted by Gasteiger charge is 2.21. The zero-order valence-electron chi connectivity index (χ0n) is 12.8. The van der Waals surface area contributed by atoms with Gasteiger partial charge in [-0.15, -0.1) is 23.5 Å². The minimum atomic E-state index is 1.07. The molecule has 1 aliphatic carbocycles. The Kier molecular flexibility index (Phi) is 4.97. The summed E-state index contributed by atoms with van der Waals surface area (Å²) >= 11 is 3.68. The van der Waals surface area contributed by atoms with E-state index in [4.69, 9.17) is 0 Å². The summed E-state index contributed by atoms with van der Waals surface area (Å²) in [6, 6.07) is 17.1. The van der Waals surface area contributed by atoms with Crippen LogP contribution in [-0.4, -0.2) is 11.5 Å². The van der Waals surface area contributed by atoms with Gasteiger partial charge < -0.3 is 0 Å². The van der Waals surface area contributed by atoms with Crippen molar-refractivity contribution in [2.45, 2.75) is 13.8 Å². The lowest BCUT2D eigenvalue weighted by Crippen LogP contribution is -1.78. The Balaban J connectivity index is 2.22. The molecule has 0 fully saturated rings. The third-order valence-electron chi connectivity index (χ3n) is 3.52. The van der Waals surface area contributed by atoms with Crippen LogP contribution in [0.5, 0.6) is 0 Å². The van der Waals surface area contributed by atoms with Crippen molar-refractivity contribution in [3.8, 4) is 11.1 Å². The molecule has 0 atom stereocenters. The maximum absolute atomic E-state index is 3.45. The number of thioether (sulfide) groups is 2. The molecule has 0 unspecified atom stereocenters. The summed E-state index contributed by atoms with van der Waals surface area (Å²) in [7, 11) is 0. The largest absolute Gasteiger partial charge is 0.111 e. The van der Waals surface area contributed by atoms with Gasteiger partial charge in [0.1, 0.15) is 0 Å². The van der Waals surface area contributed by atoms with Gasteiger partial charge in [0, 0.05) is 5.57 Å². The fraction of sp³-hybridized carbons (Fsp3) is 0.200. The Hall–Kier alpha value is -1.56. The zero-order chi connectivity index (χ0) is 15.4. The molecule has 0 nitrogen and oxygen atoms in total. The van der Waals surface area contributed by atoms with E-state index < -0.39 is 0 Å². The molecule has 0 aromatic heterocycles. The fourth-order valence-corrected chi connectivity index (χ4v) is 4.45. The predicted molar refractivity (Wildman–Crippen MR) is 101 cm³/mol. The standard InChI is InChI=1S/C20H18S2/c1-3-21-20(22-4-2)14-13-19-17-11-7-5-9-15(17)16-10-6-8-12-18(16)19/h5-12H,3-4H2,1-2H3. The topological polar surface area (TPSA) is 0 Å². The van der Waals surface area contributed by atoms with Crippen molar-refractivity contribution in [3.05, 3.63) is 75.4 Å². The first-order chi connectivity index (χ1) is 10.8. The van der Waals surface area contributed by atoms with Gasteiger partial charge in [-0.25, -0.2) is 0 Å². The monoisotopic (exact) mass is 322 g/mol. The van der Waals surface area contributed by atoms with Crippen LogP contribution in [0.25, 0.3) is 16.7 Å². The van der Waals surface area contributed by atoms with E-state index in [1.54, 1.807) is 0 Å². The maximum atomic E-state index is 3.45. The molecule has 0 N–H and O–H groups in total. The molecule has 0 radical (unpaired) electrons. The summed E-state index contributed by atoms with van der Waals surface area (Å²) < 4.78 is 1.22. The molecule has 0 saturated carbocycles. The van der Waals surface area contributed by atoms with Crippen LogP contribution in [-0.2, 0) is 0 Å². The molecule has 1 aliphatic rings. The highest BCUT2D eigenvalue weighted by molar-refractivity contribution is 8.22. The van der Waals surface area contributed by atoms with Crippen molar-refractivity contribution < 1.29 is 0 Å². The van der Waals surface area contributed by atoms with Gasteiger partial charge in [0.25, 0.3) is 0 Å². The van der Waals surface area contributed by atoms with E-state index >= 15 is 0 Å². The van der Waals surface area contributed by atoms with Gasteiger partial charge in [-0.05, 0) is 39.5 Å². The molecule has 0 bridgehead atoms. The lowest BCUT2D eigenvalue weighted by molar-refractivity contribution is 1.53. The first-order valence-electron chi connectivity index (χ1n) is 7.55. The number of hydrogen-bond donors (Lipinski definition) is 0. The number of fused-ring (bicyclic) bond motifs is 3. The molecule has 2 aromatic rings. The molecule has 2 aromatic carbocycles. The summed E-state index contributed by atoms with van der Waals surface area (Å²) in [5.74, 6) is 2.14. The van der Waals surface area contributed by atoms with E-state index in [9.17, 15) is 0 Å². The van der Waals surface area contributed by atoms with E-state index in [2.05, 4.69) is 73.8 Å². The van der Waals surface area contributed by atoms with Crippen molar-refractivity contribution in [2.24, 2.45) is 0 Å². The molecular weight excluding hydrogens is 304 g/mol. The van der Waals surface area contributed by atoms with E-state index in [1.807, 2.05) is 23.5 Å². The van der Waals surface area contributed by atoms with Crippen molar-refractivity contribution >= 4 is 29.1 Å². The van der Waals surface area contributed by atoms with Crippen LogP contribution >= 0.6 is 23.5 Å². The summed E-state index contributed by atoms with van der Waals surface area (Å²) in [5.41, 5.74) is 13.1.